The van der Waals surface area contributed by atoms with Crippen molar-refractivity contribution in [2.75, 3.05) is 13.1 Å². The van der Waals surface area contributed by atoms with Gasteiger partial charge in [-0.1, -0.05) is 6.42 Å². The lowest BCUT2D eigenvalue weighted by atomic mass is 9.79. The first kappa shape index (κ1) is 9.96. The Morgan fingerprint density at radius 3 is 2.58 bits per heavy atom. The van der Waals surface area contributed by atoms with Gasteiger partial charge in [-0.15, -0.1) is 0 Å². The monoisotopic (exact) mass is 172 g/mol. The Morgan fingerprint density at radius 1 is 1.58 bits per heavy atom. The van der Waals surface area contributed by atoms with Crippen LogP contribution in [0.15, 0.2) is 0 Å². The maximum absolute atomic E-state index is 9.07. The third kappa shape index (κ3) is 2.73. The SMILES string of the molecule is CC(O)CNC(CN)C1CCC1. The fourth-order valence-electron chi connectivity index (χ4n) is 1.61. The van der Waals surface area contributed by atoms with Crippen LogP contribution >= 0.6 is 0 Å². The molecule has 3 nitrogen and oxygen atoms in total. The van der Waals surface area contributed by atoms with Gasteiger partial charge in [-0.3, -0.25) is 0 Å². The summed E-state index contributed by atoms with van der Waals surface area (Å²) in [5, 5.41) is 12.4. The third-order valence-corrected chi connectivity index (χ3v) is 2.65. The van der Waals surface area contributed by atoms with Crippen molar-refractivity contribution in [1.29, 1.82) is 0 Å². The molecule has 1 aliphatic rings. The van der Waals surface area contributed by atoms with E-state index in [1.54, 1.807) is 6.92 Å². The molecule has 0 aromatic rings. The maximum atomic E-state index is 9.07. The van der Waals surface area contributed by atoms with E-state index in [2.05, 4.69) is 5.32 Å². The van der Waals surface area contributed by atoms with Gasteiger partial charge < -0.3 is 16.2 Å². The largest absolute Gasteiger partial charge is 0.392 e. The Bertz CT molecular complexity index is 124. The molecule has 0 aromatic heterocycles. The summed E-state index contributed by atoms with van der Waals surface area (Å²) in [6, 6.07) is 0.424. The topological polar surface area (TPSA) is 58.3 Å². The zero-order valence-corrected chi connectivity index (χ0v) is 7.79. The number of rotatable bonds is 5. The molecule has 0 aromatic carbocycles. The highest BCUT2D eigenvalue weighted by atomic mass is 16.3. The molecule has 72 valence electrons. The zero-order valence-electron chi connectivity index (χ0n) is 7.79. The molecule has 3 heteroatoms. The molecule has 12 heavy (non-hydrogen) atoms. The standard InChI is InChI=1S/C9H20N2O/c1-7(12)6-11-9(5-10)8-3-2-4-8/h7-9,11-12H,2-6,10H2,1H3. The van der Waals surface area contributed by atoms with Crippen LogP contribution in [0.3, 0.4) is 0 Å². The highest BCUT2D eigenvalue weighted by Crippen LogP contribution is 2.29. The van der Waals surface area contributed by atoms with E-state index in [1.165, 1.54) is 19.3 Å². The lowest BCUT2D eigenvalue weighted by molar-refractivity contribution is 0.165. The molecule has 2 atom stereocenters. The number of hydrogen-bond donors (Lipinski definition) is 3. The zero-order chi connectivity index (χ0) is 8.97. The van der Waals surface area contributed by atoms with Crippen LogP contribution in [0.5, 0.6) is 0 Å². The molecule has 4 N–H and O–H groups in total. The fourth-order valence-corrected chi connectivity index (χ4v) is 1.61. The van der Waals surface area contributed by atoms with Crippen molar-refractivity contribution in [2.24, 2.45) is 11.7 Å². The maximum Gasteiger partial charge on any atom is 0.0636 e. The summed E-state index contributed by atoms with van der Waals surface area (Å²) in [6.07, 6.45) is 3.68. The number of nitrogens with two attached hydrogens (primary N) is 1. The molecule has 1 fully saturated rings. The Kier molecular flexibility index (Phi) is 3.98. The molecule has 0 spiro atoms. The van der Waals surface area contributed by atoms with Gasteiger partial charge >= 0.3 is 0 Å². The van der Waals surface area contributed by atoms with E-state index in [0.717, 1.165) is 5.92 Å². The Balaban J connectivity index is 2.15. The second-order valence-electron chi connectivity index (χ2n) is 3.79. The summed E-state index contributed by atoms with van der Waals surface area (Å²) in [4.78, 5) is 0. The highest BCUT2D eigenvalue weighted by molar-refractivity contribution is 4.83. The Morgan fingerprint density at radius 2 is 2.25 bits per heavy atom. The van der Waals surface area contributed by atoms with Crippen LogP contribution in [0, 0.1) is 5.92 Å². The molecule has 0 radical (unpaired) electrons. The molecule has 0 saturated heterocycles. The van der Waals surface area contributed by atoms with Gasteiger partial charge in [0, 0.05) is 19.1 Å². The molecular weight excluding hydrogens is 152 g/mol. The molecule has 0 bridgehead atoms. The van der Waals surface area contributed by atoms with Crippen LogP contribution in [0.25, 0.3) is 0 Å². The first-order chi connectivity index (χ1) is 5.74. The second-order valence-corrected chi connectivity index (χ2v) is 3.79. The number of aliphatic hydroxyl groups is 1. The minimum Gasteiger partial charge on any atom is -0.392 e. The smallest absolute Gasteiger partial charge is 0.0636 e. The van der Waals surface area contributed by atoms with Gasteiger partial charge in [0.15, 0.2) is 0 Å². The molecule has 2 unspecified atom stereocenters. The van der Waals surface area contributed by atoms with Gasteiger partial charge in [0.1, 0.15) is 0 Å². The predicted octanol–water partition coefficient (Wildman–Crippen LogP) is 0.0842. The van der Waals surface area contributed by atoms with Crippen LogP contribution in [0.1, 0.15) is 26.2 Å². The summed E-state index contributed by atoms with van der Waals surface area (Å²) in [6.45, 7) is 3.15. The Labute approximate surface area is 74.3 Å². The van der Waals surface area contributed by atoms with Crippen LogP contribution < -0.4 is 11.1 Å². The molecule has 1 rings (SSSR count). The number of nitrogens with one attached hydrogen (secondary N) is 1. The van der Waals surface area contributed by atoms with Gasteiger partial charge in [-0.2, -0.15) is 0 Å². The molecule has 0 amide bonds. The van der Waals surface area contributed by atoms with Crippen molar-refractivity contribution in [3.63, 3.8) is 0 Å². The highest BCUT2D eigenvalue weighted by Gasteiger charge is 2.25. The van der Waals surface area contributed by atoms with Crippen molar-refractivity contribution >= 4 is 0 Å². The van der Waals surface area contributed by atoms with E-state index < -0.39 is 0 Å². The summed E-state index contributed by atoms with van der Waals surface area (Å²) >= 11 is 0. The number of hydrogen-bond acceptors (Lipinski definition) is 3. The molecular formula is C9H20N2O. The van der Waals surface area contributed by atoms with Crippen molar-refractivity contribution in [2.45, 2.75) is 38.3 Å². The third-order valence-electron chi connectivity index (χ3n) is 2.65. The van der Waals surface area contributed by atoms with Crippen LogP contribution in [0.2, 0.25) is 0 Å². The first-order valence-electron chi connectivity index (χ1n) is 4.85. The molecule has 1 saturated carbocycles. The van der Waals surface area contributed by atoms with E-state index in [9.17, 15) is 0 Å². The van der Waals surface area contributed by atoms with Crippen LogP contribution in [-0.2, 0) is 0 Å². The summed E-state index contributed by atoms with van der Waals surface area (Å²) in [5.41, 5.74) is 5.63. The molecule has 1 aliphatic carbocycles. The summed E-state index contributed by atoms with van der Waals surface area (Å²) < 4.78 is 0. The van der Waals surface area contributed by atoms with E-state index in [-0.39, 0.29) is 6.10 Å². The lowest BCUT2D eigenvalue weighted by Crippen LogP contribution is -2.46. The Hall–Kier alpha value is -0.120. The lowest BCUT2D eigenvalue weighted by Gasteiger charge is -2.34. The van der Waals surface area contributed by atoms with E-state index in [4.69, 9.17) is 10.8 Å². The fraction of sp³-hybridized carbons (Fsp3) is 1.00. The van der Waals surface area contributed by atoms with Gasteiger partial charge in [0.25, 0.3) is 0 Å². The van der Waals surface area contributed by atoms with Gasteiger partial charge in [-0.25, -0.2) is 0 Å². The van der Waals surface area contributed by atoms with Crippen molar-refractivity contribution in [3.05, 3.63) is 0 Å². The molecule has 0 aliphatic heterocycles. The summed E-state index contributed by atoms with van der Waals surface area (Å²) in [7, 11) is 0. The van der Waals surface area contributed by atoms with E-state index in [0.29, 0.717) is 19.1 Å². The van der Waals surface area contributed by atoms with Gasteiger partial charge in [0.05, 0.1) is 6.10 Å². The van der Waals surface area contributed by atoms with Gasteiger partial charge in [-0.05, 0) is 25.7 Å². The minimum atomic E-state index is -0.265. The van der Waals surface area contributed by atoms with E-state index in [1.807, 2.05) is 0 Å². The second kappa shape index (κ2) is 4.80. The van der Waals surface area contributed by atoms with Gasteiger partial charge in [0.2, 0.25) is 0 Å². The average Bonchev–Trinajstić information content (AvgIpc) is 1.93. The minimum absolute atomic E-state index is 0.265. The van der Waals surface area contributed by atoms with E-state index >= 15 is 0 Å². The molecule has 0 heterocycles. The summed E-state index contributed by atoms with van der Waals surface area (Å²) in [5.74, 6) is 0.758. The van der Waals surface area contributed by atoms with Crippen molar-refractivity contribution in [1.82, 2.24) is 5.32 Å². The quantitative estimate of drug-likeness (QED) is 0.550. The van der Waals surface area contributed by atoms with Crippen LogP contribution in [-0.4, -0.2) is 30.3 Å². The first-order valence-corrected chi connectivity index (χ1v) is 4.85. The average molecular weight is 172 g/mol. The number of aliphatic hydroxyl groups excluding tert-OH is 1. The van der Waals surface area contributed by atoms with Crippen molar-refractivity contribution < 1.29 is 5.11 Å². The predicted molar refractivity (Wildman–Crippen MR) is 49.9 cm³/mol. The van der Waals surface area contributed by atoms with Crippen LogP contribution in [0.4, 0.5) is 0 Å². The van der Waals surface area contributed by atoms with Crippen molar-refractivity contribution in [3.8, 4) is 0 Å². The normalized spacial score (nSPS) is 23.2.